The van der Waals surface area contributed by atoms with Crippen LogP contribution < -0.4 is 0 Å². The highest BCUT2D eigenvalue weighted by molar-refractivity contribution is 5.71. The quantitative estimate of drug-likeness (QED) is 0.0262. The van der Waals surface area contributed by atoms with Crippen molar-refractivity contribution in [3.8, 4) is 0 Å². The zero-order valence-corrected chi connectivity index (χ0v) is 40.6. The van der Waals surface area contributed by atoms with Crippen molar-refractivity contribution in [1.82, 2.24) is 0 Å². The van der Waals surface area contributed by atoms with Crippen LogP contribution in [0, 0.1) is 0 Å². The number of rotatable bonds is 46. The van der Waals surface area contributed by atoms with Crippen molar-refractivity contribution in [1.29, 1.82) is 0 Å². The van der Waals surface area contributed by atoms with Gasteiger partial charge in [0.05, 0.1) is 0 Å². The number of hydrogen-bond donors (Lipinski definition) is 0. The molecule has 0 amide bonds. The second-order valence-corrected chi connectivity index (χ2v) is 17.1. The van der Waals surface area contributed by atoms with Crippen molar-refractivity contribution in [2.24, 2.45) is 0 Å². The van der Waals surface area contributed by atoms with Gasteiger partial charge in [-0.25, -0.2) is 0 Å². The molecule has 0 heterocycles. The van der Waals surface area contributed by atoms with E-state index >= 15 is 0 Å². The molecule has 6 heteroatoms. The second kappa shape index (κ2) is 50.5. The molecule has 1 atom stereocenters. The van der Waals surface area contributed by atoms with Crippen molar-refractivity contribution in [2.75, 3.05) is 13.2 Å². The topological polar surface area (TPSA) is 78.9 Å². The van der Waals surface area contributed by atoms with Crippen LogP contribution in [0.3, 0.4) is 0 Å². The molecule has 0 aliphatic rings. The Balaban J connectivity index is 4.45. The molecular formula is C56H96O6. The number of carbonyl (C=O) groups is 3. The molecule has 0 fully saturated rings. The molecule has 0 bridgehead atoms. The number of unbranched alkanes of at least 4 members (excludes halogenated alkanes) is 23. The van der Waals surface area contributed by atoms with Crippen LogP contribution in [0.1, 0.15) is 245 Å². The molecule has 0 rings (SSSR count). The lowest BCUT2D eigenvalue weighted by Gasteiger charge is -2.18. The highest BCUT2D eigenvalue weighted by Crippen LogP contribution is 2.15. The third kappa shape index (κ3) is 47.9. The maximum absolute atomic E-state index is 12.8. The molecule has 0 saturated heterocycles. The molecule has 0 aliphatic heterocycles. The lowest BCUT2D eigenvalue weighted by atomic mass is 10.0. The summed E-state index contributed by atoms with van der Waals surface area (Å²) in [4.78, 5) is 37.9. The fourth-order valence-corrected chi connectivity index (χ4v) is 7.06. The normalized spacial score (nSPS) is 12.6. The van der Waals surface area contributed by atoms with E-state index in [4.69, 9.17) is 14.2 Å². The van der Waals surface area contributed by atoms with E-state index in [9.17, 15) is 14.4 Å². The molecule has 0 aromatic heterocycles. The maximum Gasteiger partial charge on any atom is 0.306 e. The van der Waals surface area contributed by atoms with Gasteiger partial charge in [0.15, 0.2) is 6.10 Å². The highest BCUT2D eigenvalue weighted by atomic mass is 16.6. The molecule has 0 aromatic carbocycles. The van der Waals surface area contributed by atoms with Crippen molar-refractivity contribution in [3.63, 3.8) is 0 Å². The van der Waals surface area contributed by atoms with E-state index in [0.717, 1.165) is 83.5 Å². The molecule has 0 spiro atoms. The molecule has 0 aliphatic carbocycles. The first-order chi connectivity index (χ1) is 30.5. The Kier molecular flexibility index (Phi) is 47.9. The average molecular weight is 865 g/mol. The Morgan fingerprint density at radius 3 is 1.10 bits per heavy atom. The predicted octanol–water partition coefficient (Wildman–Crippen LogP) is 17.0. The first-order valence-electron chi connectivity index (χ1n) is 25.9. The van der Waals surface area contributed by atoms with Gasteiger partial charge in [0.2, 0.25) is 0 Å². The Morgan fingerprint density at radius 1 is 0.339 bits per heavy atom. The smallest absolute Gasteiger partial charge is 0.306 e. The Hall–Kier alpha value is -3.15. The van der Waals surface area contributed by atoms with Crippen LogP contribution in [0.15, 0.2) is 72.9 Å². The van der Waals surface area contributed by atoms with Crippen molar-refractivity contribution < 1.29 is 28.6 Å². The van der Waals surface area contributed by atoms with Gasteiger partial charge in [0.25, 0.3) is 0 Å². The maximum atomic E-state index is 12.8. The summed E-state index contributed by atoms with van der Waals surface area (Å²) in [7, 11) is 0. The minimum absolute atomic E-state index is 0.106. The lowest BCUT2D eigenvalue weighted by Crippen LogP contribution is -2.30. The van der Waals surface area contributed by atoms with Crippen LogP contribution in [-0.2, 0) is 28.6 Å². The van der Waals surface area contributed by atoms with Gasteiger partial charge >= 0.3 is 17.9 Å². The first-order valence-corrected chi connectivity index (χ1v) is 25.9. The predicted molar refractivity (Wildman–Crippen MR) is 265 cm³/mol. The zero-order chi connectivity index (χ0) is 45.1. The van der Waals surface area contributed by atoms with Crippen LogP contribution in [-0.4, -0.2) is 37.2 Å². The van der Waals surface area contributed by atoms with Crippen LogP contribution >= 0.6 is 0 Å². The monoisotopic (exact) mass is 865 g/mol. The van der Waals surface area contributed by atoms with E-state index in [1.54, 1.807) is 0 Å². The number of carbonyl (C=O) groups excluding carboxylic acids is 3. The number of esters is 3. The third-order valence-electron chi connectivity index (χ3n) is 11.0. The minimum Gasteiger partial charge on any atom is -0.462 e. The van der Waals surface area contributed by atoms with Crippen molar-refractivity contribution in [2.45, 2.75) is 252 Å². The summed E-state index contributed by atoms with van der Waals surface area (Å²) in [6.07, 6.45) is 63.3. The highest BCUT2D eigenvalue weighted by Gasteiger charge is 2.19. The van der Waals surface area contributed by atoms with Gasteiger partial charge in [-0.2, -0.15) is 0 Å². The Bertz CT molecular complexity index is 1180. The Labute approximate surface area is 382 Å². The minimum atomic E-state index is -0.815. The second-order valence-electron chi connectivity index (χ2n) is 17.1. The van der Waals surface area contributed by atoms with Gasteiger partial charge in [0, 0.05) is 19.3 Å². The van der Waals surface area contributed by atoms with Crippen LogP contribution in [0.25, 0.3) is 0 Å². The standard InChI is InChI=1S/C56H96O6/c1-4-7-10-13-16-19-22-24-26-28-30-31-34-37-40-43-46-49-55(58)61-52-53(51-60-54(57)48-45-42-39-36-33-21-18-15-12-9-6-3)62-56(59)50-47-44-41-38-35-32-29-27-25-23-20-17-14-11-8-5-2/h8,11,15,17-18,20,25,27,32,35,41,44,53H,4-7,9-10,12-14,16,19,21-24,26,28-31,33-34,36-40,42-43,45-52H2,1-3H3/b11-8-,18-15-,20-17-,27-25-,35-32-,44-41-. The molecule has 1 unspecified atom stereocenters. The van der Waals surface area contributed by atoms with Crippen molar-refractivity contribution >= 4 is 17.9 Å². The number of allylic oxidation sites excluding steroid dienone is 12. The first kappa shape index (κ1) is 58.9. The van der Waals surface area contributed by atoms with E-state index < -0.39 is 12.1 Å². The van der Waals surface area contributed by atoms with Gasteiger partial charge in [-0.15, -0.1) is 0 Å². The van der Waals surface area contributed by atoms with Gasteiger partial charge in [-0.3, -0.25) is 14.4 Å². The lowest BCUT2D eigenvalue weighted by molar-refractivity contribution is -0.166. The van der Waals surface area contributed by atoms with E-state index in [0.29, 0.717) is 19.3 Å². The molecule has 0 radical (unpaired) electrons. The van der Waals surface area contributed by atoms with E-state index in [1.807, 2.05) is 12.2 Å². The third-order valence-corrected chi connectivity index (χ3v) is 11.0. The molecule has 0 saturated carbocycles. The van der Waals surface area contributed by atoms with Gasteiger partial charge < -0.3 is 14.2 Å². The number of hydrogen-bond acceptors (Lipinski definition) is 6. The molecule has 356 valence electrons. The fourth-order valence-electron chi connectivity index (χ4n) is 7.06. The molecule has 6 nitrogen and oxygen atoms in total. The summed E-state index contributed by atoms with van der Waals surface area (Å²) >= 11 is 0. The Morgan fingerprint density at radius 2 is 0.677 bits per heavy atom. The van der Waals surface area contributed by atoms with Crippen LogP contribution in [0.4, 0.5) is 0 Å². The van der Waals surface area contributed by atoms with Crippen LogP contribution in [0.2, 0.25) is 0 Å². The summed E-state index contributed by atoms with van der Waals surface area (Å²) in [5.74, 6) is -0.997. The molecule has 62 heavy (non-hydrogen) atoms. The van der Waals surface area contributed by atoms with Gasteiger partial charge in [-0.05, 0) is 70.6 Å². The fraction of sp³-hybridized carbons (Fsp3) is 0.732. The molecule has 0 aromatic rings. The van der Waals surface area contributed by atoms with Crippen molar-refractivity contribution in [3.05, 3.63) is 72.9 Å². The summed E-state index contributed by atoms with van der Waals surface area (Å²) in [6.45, 7) is 6.42. The summed E-state index contributed by atoms with van der Waals surface area (Å²) < 4.78 is 16.7. The SMILES string of the molecule is CC/C=C\C/C=C\C/C=C\C/C=C\C/C=C\CCC(=O)OC(COC(=O)CCCCCCC/C=C\CCCC)COC(=O)CCCCCCCCCCCCCCCCCCC. The molecular weight excluding hydrogens is 769 g/mol. The summed E-state index contributed by atoms with van der Waals surface area (Å²) in [6, 6.07) is 0. The average Bonchev–Trinajstić information content (AvgIpc) is 3.27. The summed E-state index contributed by atoms with van der Waals surface area (Å²) in [5.41, 5.74) is 0. The van der Waals surface area contributed by atoms with Crippen LogP contribution in [0.5, 0.6) is 0 Å². The zero-order valence-electron chi connectivity index (χ0n) is 40.6. The van der Waals surface area contributed by atoms with E-state index in [-0.39, 0.29) is 31.6 Å². The number of ether oxygens (including phenoxy) is 3. The summed E-state index contributed by atoms with van der Waals surface area (Å²) in [5, 5.41) is 0. The van der Waals surface area contributed by atoms with Gasteiger partial charge in [-0.1, -0.05) is 229 Å². The van der Waals surface area contributed by atoms with E-state index in [1.165, 1.54) is 116 Å². The van der Waals surface area contributed by atoms with Gasteiger partial charge in [0.1, 0.15) is 13.2 Å². The molecule has 0 N–H and O–H groups in total. The largest absolute Gasteiger partial charge is 0.462 e. The van der Waals surface area contributed by atoms with E-state index in [2.05, 4.69) is 81.5 Å².